The fourth-order valence-corrected chi connectivity index (χ4v) is 2.92. The second kappa shape index (κ2) is 4.88. The van der Waals surface area contributed by atoms with E-state index in [2.05, 4.69) is 15.9 Å². The van der Waals surface area contributed by atoms with Crippen molar-refractivity contribution in [3.63, 3.8) is 0 Å². The molecule has 16 heavy (non-hydrogen) atoms. The Morgan fingerprint density at radius 2 is 2.06 bits per heavy atom. The Balaban J connectivity index is 2.46. The van der Waals surface area contributed by atoms with Crippen LogP contribution in [0.25, 0.3) is 0 Å². The third-order valence-corrected chi connectivity index (χ3v) is 4.64. The molecular formula is C12H10BrClOS. The predicted octanol–water partition coefficient (Wildman–Crippen LogP) is 4.55. The molecule has 0 spiro atoms. The lowest BCUT2D eigenvalue weighted by Gasteiger charge is -2.13. The molecule has 0 fully saturated rings. The van der Waals surface area contributed by atoms with Crippen LogP contribution in [0.15, 0.2) is 34.1 Å². The Kier molecular flexibility index (Phi) is 3.70. The van der Waals surface area contributed by atoms with Gasteiger partial charge in [0, 0.05) is 14.9 Å². The molecular weight excluding hydrogens is 308 g/mol. The van der Waals surface area contributed by atoms with Crippen LogP contribution in [0.2, 0.25) is 5.02 Å². The first-order chi connectivity index (χ1) is 7.61. The summed E-state index contributed by atoms with van der Waals surface area (Å²) in [4.78, 5) is 1.11. The zero-order valence-electron chi connectivity index (χ0n) is 8.58. The van der Waals surface area contributed by atoms with Gasteiger partial charge in [0.05, 0.1) is 5.02 Å². The summed E-state index contributed by atoms with van der Waals surface area (Å²) in [5.41, 5.74) is 1.66. The number of halogens is 2. The topological polar surface area (TPSA) is 20.2 Å². The van der Waals surface area contributed by atoms with Gasteiger partial charge in [0.15, 0.2) is 0 Å². The average molecular weight is 318 g/mol. The summed E-state index contributed by atoms with van der Waals surface area (Å²) in [7, 11) is 0. The lowest BCUT2D eigenvalue weighted by atomic mass is 10.0. The molecule has 0 aliphatic heterocycles. The normalized spacial score (nSPS) is 12.8. The Hall–Kier alpha value is -0.350. The maximum absolute atomic E-state index is 10.3. The molecule has 0 aliphatic carbocycles. The summed E-state index contributed by atoms with van der Waals surface area (Å²) < 4.78 is 0.804. The van der Waals surface area contributed by atoms with Crippen molar-refractivity contribution in [1.82, 2.24) is 0 Å². The van der Waals surface area contributed by atoms with Gasteiger partial charge in [-0.05, 0) is 45.9 Å². The quantitative estimate of drug-likeness (QED) is 0.861. The smallest absolute Gasteiger partial charge is 0.107 e. The number of aliphatic hydroxyl groups excluding tert-OH is 1. The Morgan fingerprint density at radius 3 is 2.69 bits per heavy atom. The lowest BCUT2D eigenvalue weighted by molar-refractivity contribution is 0.220. The van der Waals surface area contributed by atoms with Gasteiger partial charge in [-0.1, -0.05) is 23.7 Å². The molecule has 1 heterocycles. The number of aliphatic hydroxyl groups is 1. The van der Waals surface area contributed by atoms with Crippen LogP contribution in [0, 0.1) is 6.92 Å². The molecule has 84 valence electrons. The fraction of sp³-hybridized carbons (Fsp3) is 0.167. The van der Waals surface area contributed by atoms with Gasteiger partial charge in [-0.3, -0.25) is 0 Å². The van der Waals surface area contributed by atoms with Crippen molar-refractivity contribution in [3.05, 3.63) is 55.1 Å². The highest BCUT2D eigenvalue weighted by Crippen LogP contribution is 2.35. The highest BCUT2D eigenvalue weighted by Gasteiger charge is 2.17. The van der Waals surface area contributed by atoms with E-state index in [0.29, 0.717) is 5.02 Å². The Bertz CT molecular complexity index is 509. The number of hydrogen-bond donors (Lipinski definition) is 1. The minimum atomic E-state index is -0.656. The van der Waals surface area contributed by atoms with Gasteiger partial charge < -0.3 is 5.11 Å². The zero-order valence-corrected chi connectivity index (χ0v) is 11.7. The monoisotopic (exact) mass is 316 g/mol. The van der Waals surface area contributed by atoms with Crippen molar-refractivity contribution in [2.24, 2.45) is 0 Å². The van der Waals surface area contributed by atoms with E-state index in [-0.39, 0.29) is 0 Å². The summed E-state index contributed by atoms with van der Waals surface area (Å²) in [5.74, 6) is 0. The van der Waals surface area contributed by atoms with Gasteiger partial charge in [0.1, 0.15) is 6.10 Å². The minimum absolute atomic E-state index is 0.570. The van der Waals surface area contributed by atoms with Crippen LogP contribution in [0.1, 0.15) is 22.1 Å². The van der Waals surface area contributed by atoms with Crippen LogP contribution in [-0.4, -0.2) is 5.11 Å². The summed E-state index contributed by atoms with van der Waals surface area (Å²) in [6.07, 6.45) is -0.656. The first-order valence-electron chi connectivity index (χ1n) is 4.77. The maximum Gasteiger partial charge on any atom is 0.107 e. The van der Waals surface area contributed by atoms with Gasteiger partial charge in [-0.25, -0.2) is 0 Å². The third-order valence-electron chi connectivity index (χ3n) is 2.47. The first-order valence-corrected chi connectivity index (χ1v) is 6.82. The second-order valence-corrected chi connectivity index (χ2v) is 5.83. The molecule has 1 aromatic heterocycles. The number of aryl methyl sites for hydroxylation is 1. The van der Waals surface area contributed by atoms with E-state index in [1.807, 2.05) is 36.6 Å². The Labute approximate surface area is 112 Å². The van der Waals surface area contributed by atoms with E-state index < -0.39 is 6.10 Å². The minimum Gasteiger partial charge on any atom is -0.384 e. The van der Waals surface area contributed by atoms with Gasteiger partial charge >= 0.3 is 0 Å². The number of rotatable bonds is 2. The molecule has 0 bridgehead atoms. The molecule has 0 saturated heterocycles. The van der Waals surface area contributed by atoms with Crippen molar-refractivity contribution >= 4 is 38.9 Å². The van der Waals surface area contributed by atoms with Gasteiger partial charge in [-0.15, -0.1) is 11.3 Å². The van der Waals surface area contributed by atoms with E-state index in [9.17, 15) is 5.11 Å². The molecule has 0 aliphatic rings. The lowest BCUT2D eigenvalue weighted by Crippen LogP contribution is -2.00. The fourth-order valence-electron chi connectivity index (χ4n) is 1.58. The van der Waals surface area contributed by atoms with Crippen molar-refractivity contribution in [2.45, 2.75) is 13.0 Å². The van der Waals surface area contributed by atoms with Crippen LogP contribution >= 0.6 is 38.9 Å². The molecule has 1 nitrogen and oxygen atoms in total. The highest BCUT2D eigenvalue weighted by molar-refractivity contribution is 9.10. The molecule has 1 N–H and O–H groups in total. The van der Waals surface area contributed by atoms with Crippen molar-refractivity contribution in [1.29, 1.82) is 0 Å². The van der Waals surface area contributed by atoms with Crippen LogP contribution in [0.5, 0.6) is 0 Å². The van der Waals surface area contributed by atoms with Crippen LogP contribution in [0.3, 0.4) is 0 Å². The van der Waals surface area contributed by atoms with Crippen molar-refractivity contribution < 1.29 is 5.11 Å². The molecule has 1 aromatic carbocycles. The SMILES string of the molecule is Cc1sccc1C(O)c1cccc(Br)c1Cl. The second-order valence-electron chi connectivity index (χ2n) is 3.48. The molecule has 2 aromatic rings. The molecule has 2 rings (SSSR count). The third kappa shape index (κ3) is 2.18. The zero-order chi connectivity index (χ0) is 11.7. The number of benzene rings is 1. The number of hydrogen-bond acceptors (Lipinski definition) is 2. The van der Waals surface area contributed by atoms with Crippen LogP contribution in [-0.2, 0) is 0 Å². The van der Waals surface area contributed by atoms with E-state index >= 15 is 0 Å². The summed E-state index contributed by atoms with van der Waals surface area (Å²) in [5, 5.41) is 12.8. The standard InChI is InChI=1S/C12H10BrClOS/c1-7-8(5-6-16-7)12(15)9-3-2-4-10(13)11(9)14/h2-6,12,15H,1H3. The van der Waals surface area contributed by atoms with Crippen LogP contribution < -0.4 is 0 Å². The summed E-state index contributed by atoms with van der Waals surface area (Å²) in [6.45, 7) is 2.00. The van der Waals surface area contributed by atoms with Gasteiger partial charge in [0.2, 0.25) is 0 Å². The molecule has 0 radical (unpaired) electrons. The average Bonchev–Trinajstić information content (AvgIpc) is 2.68. The van der Waals surface area contributed by atoms with Crippen LogP contribution in [0.4, 0.5) is 0 Å². The summed E-state index contributed by atoms with van der Waals surface area (Å²) >= 11 is 11.1. The molecule has 1 unspecified atom stereocenters. The molecule has 1 atom stereocenters. The van der Waals surface area contributed by atoms with Gasteiger partial charge in [-0.2, -0.15) is 0 Å². The van der Waals surface area contributed by atoms with Crippen molar-refractivity contribution in [3.8, 4) is 0 Å². The summed E-state index contributed by atoms with van der Waals surface area (Å²) in [6, 6.07) is 7.51. The van der Waals surface area contributed by atoms with Gasteiger partial charge in [0.25, 0.3) is 0 Å². The maximum atomic E-state index is 10.3. The Morgan fingerprint density at radius 1 is 1.31 bits per heavy atom. The van der Waals surface area contributed by atoms with E-state index in [0.717, 1.165) is 20.5 Å². The number of thiophene rings is 1. The highest BCUT2D eigenvalue weighted by atomic mass is 79.9. The molecule has 4 heteroatoms. The van der Waals surface area contributed by atoms with Crippen molar-refractivity contribution in [2.75, 3.05) is 0 Å². The first kappa shape index (κ1) is 12.1. The van der Waals surface area contributed by atoms with E-state index in [4.69, 9.17) is 11.6 Å². The van der Waals surface area contributed by atoms with E-state index in [1.165, 1.54) is 0 Å². The van der Waals surface area contributed by atoms with E-state index in [1.54, 1.807) is 11.3 Å². The molecule has 0 saturated carbocycles. The predicted molar refractivity (Wildman–Crippen MR) is 72.3 cm³/mol. The molecule has 0 amide bonds. The largest absolute Gasteiger partial charge is 0.384 e.